The highest BCUT2D eigenvalue weighted by molar-refractivity contribution is 5.92. The molecule has 1 heterocycles. The monoisotopic (exact) mass is 214 g/mol. The van der Waals surface area contributed by atoms with Crippen LogP contribution in [0, 0.1) is 0 Å². The molecule has 1 rings (SSSR count). The molecule has 0 aromatic rings. The molecule has 0 bridgehead atoms. The highest BCUT2D eigenvalue weighted by atomic mass is 16.4. The van der Waals surface area contributed by atoms with Crippen LogP contribution in [0.2, 0.25) is 0 Å². The molecule has 15 heavy (non-hydrogen) atoms. The zero-order valence-corrected chi connectivity index (χ0v) is 8.47. The number of carbonyl (C=O) groups excluding carboxylic acids is 2. The lowest BCUT2D eigenvalue weighted by molar-refractivity contribution is -0.149. The molecule has 0 aromatic carbocycles. The summed E-state index contributed by atoms with van der Waals surface area (Å²) in [5.41, 5.74) is 5.41. The number of ketones is 1. The van der Waals surface area contributed by atoms with Crippen molar-refractivity contribution in [2.75, 3.05) is 6.54 Å². The minimum atomic E-state index is -1.12. The molecule has 3 N–H and O–H groups in total. The quantitative estimate of drug-likeness (QED) is 0.623. The zero-order chi connectivity index (χ0) is 11.6. The lowest BCUT2D eigenvalue weighted by Crippen LogP contribution is -2.59. The number of aliphatic carboxylic acids is 1. The van der Waals surface area contributed by atoms with Gasteiger partial charge in [-0.1, -0.05) is 0 Å². The highest BCUT2D eigenvalue weighted by Crippen LogP contribution is 2.19. The van der Waals surface area contributed by atoms with Crippen molar-refractivity contribution in [1.29, 1.82) is 0 Å². The molecule has 1 amide bonds. The van der Waals surface area contributed by atoms with Crippen molar-refractivity contribution in [3.8, 4) is 0 Å². The number of hydrogen-bond acceptors (Lipinski definition) is 4. The number of Topliss-reactive ketones (excluding diaryl/α,β-unsaturated/α-hetero) is 1. The fourth-order valence-electron chi connectivity index (χ4n) is 1.56. The van der Waals surface area contributed by atoms with Crippen LogP contribution in [0.25, 0.3) is 0 Å². The van der Waals surface area contributed by atoms with Gasteiger partial charge in [-0.3, -0.25) is 14.4 Å². The number of carbonyl (C=O) groups is 3. The van der Waals surface area contributed by atoms with E-state index < -0.39 is 30.4 Å². The third kappa shape index (κ3) is 2.53. The Morgan fingerprint density at radius 2 is 2.13 bits per heavy atom. The summed E-state index contributed by atoms with van der Waals surface area (Å²) in [5.74, 6) is -1.66. The molecule has 6 nitrogen and oxygen atoms in total. The van der Waals surface area contributed by atoms with E-state index in [9.17, 15) is 14.4 Å². The smallest absolute Gasteiger partial charge is 0.305 e. The molecular weight excluding hydrogens is 200 g/mol. The summed E-state index contributed by atoms with van der Waals surface area (Å²) in [7, 11) is 0. The maximum absolute atomic E-state index is 11.6. The van der Waals surface area contributed by atoms with E-state index in [1.807, 2.05) is 0 Å². The first kappa shape index (κ1) is 11.6. The maximum atomic E-state index is 11.6. The summed E-state index contributed by atoms with van der Waals surface area (Å²) < 4.78 is 0. The Bertz CT molecular complexity index is 302. The first-order valence-electron chi connectivity index (χ1n) is 4.71. The van der Waals surface area contributed by atoms with Gasteiger partial charge >= 0.3 is 5.97 Å². The molecule has 84 valence electrons. The number of carboxylic acid groups (broad SMARTS) is 1. The van der Waals surface area contributed by atoms with Crippen molar-refractivity contribution in [3.05, 3.63) is 0 Å². The highest BCUT2D eigenvalue weighted by Gasteiger charge is 2.37. The average molecular weight is 214 g/mol. The lowest BCUT2D eigenvalue weighted by atomic mass is 9.97. The van der Waals surface area contributed by atoms with E-state index in [2.05, 4.69) is 0 Å². The second kappa shape index (κ2) is 4.39. The summed E-state index contributed by atoms with van der Waals surface area (Å²) in [4.78, 5) is 34.3. The van der Waals surface area contributed by atoms with Crippen LogP contribution in [0.1, 0.15) is 19.8 Å². The van der Waals surface area contributed by atoms with Crippen LogP contribution in [0.3, 0.4) is 0 Å². The molecule has 1 aliphatic heterocycles. The first-order valence-corrected chi connectivity index (χ1v) is 4.71. The molecule has 1 saturated heterocycles. The van der Waals surface area contributed by atoms with Gasteiger partial charge in [0.25, 0.3) is 0 Å². The third-order valence-electron chi connectivity index (χ3n) is 2.48. The molecule has 1 fully saturated rings. The van der Waals surface area contributed by atoms with Gasteiger partial charge in [0.2, 0.25) is 5.91 Å². The minimum Gasteiger partial charge on any atom is -0.481 e. The van der Waals surface area contributed by atoms with E-state index in [4.69, 9.17) is 10.8 Å². The number of rotatable bonds is 4. The number of amides is 1. The molecule has 0 radical (unpaired) electrons. The largest absolute Gasteiger partial charge is 0.481 e. The van der Waals surface area contributed by atoms with Gasteiger partial charge in [-0.15, -0.1) is 0 Å². The van der Waals surface area contributed by atoms with Crippen molar-refractivity contribution in [3.63, 3.8) is 0 Å². The van der Waals surface area contributed by atoms with Gasteiger partial charge in [0.15, 0.2) is 5.78 Å². The summed E-state index contributed by atoms with van der Waals surface area (Å²) >= 11 is 0. The zero-order valence-electron chi connectivity index (χ0n) is 8.47. The molecule has 1 aliphatic rings. The van der Waals surface area contributed by atoms with Crippen molar-refractivity contribution >= 4 is 17.7 Å². The Labute approximate surface area is 87.0 Å². The topological polar surface area (TPSA) is 101 Å². The van der Waals surface area contributed by atoms with Crippen molar-refractivity contribution < 1.29 is 19.5 Å². The minimum absolute atomic E-state index is 0.0860. The van der Waals surface area contributed by atoms with E-state index in [0.29, 0.717) is 13.0 Å². The molecule has 0 spiro atoms. The van der Waals surface area contributed by atoms with E-state index in [0.717, 1.165) is 0 Å². The van der Waals surface area contributed by atoms with Crippen LogP contribution in [0.15, 0.2) is 0 Å². The molecule has 0 aliphatic carbocycles. The molecule has 2 atom stereocenters. The van der Waals surface area contributed by atoms with E-state index in [-0.39, 0.29) is 5.78 Å². The standard InChI is InChI=1S/C9H14N2O4/c1-5(12)7-2-3-11(7)9(15)6(10)4-8(13)14/h6-7H,2-4,10H2,1H3,(H,13,14). The van der Waals surface area contributed by atoms with Gasteiger partial charge < -0.3 is 15.7 Å². The Kier molecular flexibility index (Phi) is 3.41. The number of hydrogen-bond donors (Lipinski definition) is 2. The van der Waals surface area contributed by atoms with Gasteiger partial charge in [0.1, 0.15) is 0 Å². The van der Waals surface area contributed by atoms with Gasteiger partial charge in [0, 0.05) is 6.54 Å². The van der Waals surface area contributed by atoms with Crippen LogP contribution in [0.5, 0.6) is 0 Å². The Morgan fingerprint density at radius 1 is 1.53 bits per heavy atom. The second-order valence-electron chi connectivity index (χ2n) is 3.65. The van der Waals surface area contributed by atoms with E-state index in [1.54, 1.807) is 0 Å². The fourth-order valence-corrected chi connectivity index (χ4v) is 1.56. The SMILES string of the molecule is CC(=O)C1CCN1C(=O)C(N)CC(=O)O. The van der Waals surface area contributed by atoms with E-state index in [1.165, 1.54) is 11.8 Å². The molecule has 6 heteroatoms. The predicted octanol–water partition coefficient (Wildman–Crippen LogP) is -1.02. The normalized spacial score (nSPS) is 21.7. The lowest BCUT2D eigenvalue weighted by Gasteiger charge is -2.40. The summed E-state index contributed by atoms with van der Waals surface area (Å²) in [6.07, 6.45) is 0.237. The summed E-state index contributed by atoms with van der Waals surface area (Å²) in [5, 5.41) is 8.46. The van der Waals surface area contributed by atoms with Crippen LogP contribution in [-0.4, -0.2) is 46.3 Å². The second-order valence-corrected chi connectivity index (χ2v) is 3.65. The van der Waals surface area contributed by atoms with Gasteiger partial charge in [-0.25, -0.2) is 0 Å². The van der Waals surface area contributed by atoms with Gasteiger partial charge in [-0.05, 0) is 13.3 Å². The number of nitrogens with zero attached hydrogens (tertiary/aromatic N) is 1. The van der Waals surface area contributed by atoms with Gasteiger partial charge in [0.05, 0.1) is 18.5 Å². The average Bonchev–Trinajstić information content (AvgIpc) is 1.99. The van der Waals surface area contributed by atoms with Gasteiger partial charge in [-0.2, -0.15) is 0 Å². The van der Waals surface area contributed by atoms with E-state index >= 15 is 0 Å². The molecular formula is C9H14N2O4. The number of likely N-dealkylation sites (tertiary alicyclic amines) is 1. The molecule has 2 unspecified atom stereocenters. The Balaban J connectivity index is 2.53. The molecule has 0 aromatic heterocycles. The van der Waals surface area contributed by atoms with Crippen LogP contribution in [0.4, 0.5) is 0 Å². The van der Waals surface area contributed by atoms with Crippen molar-refractivity contribution in [1.82, 2.24) is 4.90 Å². The fraction of sp³-hybridized carbons (Fsp3) is 0.667. The third-order valence-corrected chi connectivity index (χ3v) is 2.48. The van der Waals surface area contributed by atoms with Crippen LogP contribution in [-0.2, 0) is 14.4 Å². The summed E-state index contributed by atoms with van der Waals surface area (Å²) in [6, 6.07) is -1.46. The number of nitrogens with two attached hydrogens (primary N) is 1. The maximum Gasteiger partial charge on any atom is 0.305 e. The van der Waals surface area contributed by atoms with Crippen molar-refractivity contribution in [2.24, 2.45) is 5.73 Å². The predicted molar refractivity (Wildman–Crippen MR) is 51.0 cm³/mol. The summed E-state index contributed by atoms with van der Waals surface area (Å²) in [6.45, 7) is 1.89. The van der Waals surface area contributed by atoms with Crippen molar-refractivity contribution in [2.45, 2.75) is 31.8 Å². The Hall–Kier alpha value is -1.43. The Morgan fingerprint density at radius 3 is 2.47 bits per heavy atom. The molecule has 0 saturated carbocycles. The number of carboxylic acids is 1. The first-order chi connectivity index (χ1) is 6.93. The van der Waals surface area contributed by atoms with Crippen LogP contribution < -0.4 is 5.73 Å². The van der Waals surface area contributed by atoms with Crippen LogP contribution >= 0.6 is 0 Å².